The molecular weight excluding hydrogens is 157 g/mol. The first-order chi connectivity index (χ1) is 5.68. The minimum Gasteiger partial charge on any atom is -0.377 e. The van der Waals surface area contributed by atoms with E-state index in [0.717, 1.165) is 19.7 Å². The lowest BCUT2D eigenvalue weighted by molar-refractivity contribution is 0.0625. The third-order valence-corrected chi connectivity index (χ3v) is 2.07. The van der Waals surface area contributed by atoms with E-state index in [9.17, 15) is 4.39 Å². The molecule has 0 aliphatic carbocycles. The molecule has 0 amide bonds. The zero-order valence-electron chi connectivity index (χ0n) is 7.92. The van der Waals surface area contributed by atoms with Gasteiger partial charge in [0.05, 0.1) is 12.7 Å². The molecule has 1 rings (SSSR count). The molecule has 3 heteroatoms. The second-order valence-corrected chi connectivity index (χ2v) is 3.61. The Morgan fingerprint density at radius 2 is 2.33 bits per heavy atom. The highest BCUT2D eigenvalue weighted by molar-refractivity contribution is 4.74. The number of hydrogen-bond acceptors (Lipinski definition) is 2. The zero-order valence-corrected chi connectivity index (χ0v) is 7.92. The summed E-state index contributed by atoms with van der Waals surface area (Å²) in [4.78, 5) is 2.12. The topological polar surface area (TPSA) is 12.5 Å². The monoisotopic (exact) mass is 175 g/mol. The van der Waals surface area contributed by atoms with Crippen LogP contribution in [0.25, 0.3) is 0 Å². The lowest BCUT2D eigenvalue weighted by Crippen LogP contribution is -2.26. The molecule has 0 bridgehead atoms. The predicted molar refractivity (Wildman–Crippen MR) is 47.0 cm³/mol. The third kappa shape index (κ3) is 3.50. The van der Waals surface area contributed by atoms with Crippen LogP contribution in [0.4, 0.5) is 4.39 Å². The molecule has 0 saturated carbocycles. The van der Waals surface area contributed by atoms with E-state index in [1.54, 1.807) is 0 Å². The quantitative estimate of drug-likeness (QED) is 0.641. The number of alkyl halides is 1. The van der Waals surface area contributed by atoms with Crippen molar-refractivity contribution in [1.29, 1.82) is 0 Å². The maximum absolute atomic E-state index is 12.7. The van der Waals surface area contributed by atoms with E-state index in [4.69, 9.17) is 4.74 Å². The Balaban J connectivity index is 2.00. The van der Waals surface area contributed by atoms with Crippen LogP contribution in [0.2, 0.25) is 0 Å². The summed E-state index contributed by atoms with van der Waals surface area (Å²) in [6.07, 6.45) is 0.375. The first-order valence-electron chi connectivity index (χ1n) is 4.66. The van der Waals surface area contributed by atoms with Gasteiger partial charge in [-0.3, -0.25) is 4.90 Å². The van der Waals surface area contributed by atoms with Gasteiger partial charge in [0.1, 0.15) is 6.17 Å². The van der Waals surface area contributed by atoms with Crippen LogP contribution in [0.5, 0.6) is 0 Å². The number of nitrogens with zero attached hydrogens (tertiary/aromatic N) is 1. The highest BCUT2D eigenvalue weighted by atomic mass is 19.1. The molecule has 1 aliphatic heterocycles. The number of hydrogen-bond donors (Lipinski definition) is 0. The third-order valence-electron chi connectivity index (χ3n) is 2.07. The van der Waals surface area contributed by atoms with Gasteiger partial charge in [0.25, 0.3) is 0 Å². The van der Waals surface area contributed by atoms with Crippen molar-refractivity contribution in [3.05, 3.63) is 0 Å². The fraction of sp³-hybridized carbons (Fsp3) is 1.00. The highest BCUT2D eigenvalue weighted by Crippen LogP contribution is 2.11. The first kappa shape index (κ1) is 9.93. The van der Waals surface area contributed by atoms with Crippen molar-refractivity contribution in [2.24, 2.45) is 0 Å². The van der Waals surface area contributed by atoms with Crippen molar-refractivity contribution >= 4 is 0 Å². The lowest BCUT2D eigenvalue weighted by atomic mass is 10.3. The molecule has 1 saturated heterocycles. The van der Waals surface area contributed by atoms with Gasteiger partial charge >= 0.3 is 0 Å². The van der Waals surface area contributed by atoms with Crippen molar-refractivity contribution in [2.75, 3.05) is 26.2 Å². The van der Waals surface area contributed by atoms with Gasteiger partial charge in [-0.15, -0.1) is 0 Å². The van der Waals surface area contributed by atoms with Gasteiger partial charge in [0.2, 0.25) is 0 Å². The first-order valence-corrected chi connectivity index (χ1v) is 4.66. The Morgan fingerprint density at radius 1 is 1.58 bits per heavy atom. The molecule has 72 valence electrons. The number of halogens is 1. The molecule has 0 aromatic heterocycles. The molecule has 1 fully saturated rings. The van der Waals surface area contributed by atoms with Crippen LogP contribution >= 0.6 is 0 Å². The molecule has 0 spiro atoms. The van der Waals surface area contributed by atoms with Gasteiger partial charge in [-0.2, -0.15) is 0 Å². The average Bonchev–Trinajstić information content (AvgIpc) is 2.35. The summed E-state index contributed by atoms with van der Waals surface area (Å²) in [5, 5.41) is 0. The van der Waals surface area contributed by atoms with E-state index in [0.29, 0.717) is 13.0 Å². The minimum absolute atomic E-state index is 0.286. The number of likely N-dealkylation sites (tertiary alicyclic amines) is 1. The van der Waals surface area contributed by atoms with Crippen LogP contribution < -0.4 is 0 Å². The fourth-order valence-electron chi connectivity index (χ4n) is 1.41. The molecule has 2 nitrogen and oxygen atoms in total. The normalized spacial score (nSPS) is 25.5. The summed E-state index contributed by atoms with van der Waals surface area (Å²) in [5.41, 5.74) is 0. The molecule has 0 N–H and O–H groups in total. The molecule has 1 aliphatic rings. The Labute approximate surface area is 73.7 Å². The summed E-state index contributed by atoms with van der Waals surface area (Å²) in [7, 11) is 0. The van der Waals surface area contributed by atoms with Crippen molar-refractivity contribution < 1.29 is 9.13 Å². The van der Waals surface area contributed by atoms with Crippen molar-refractivity contribution in [1.82, 2.24) is 4.90 Å². The van der Waals surface area contributed by atoms with Gasteiger partial charge in [-0.05, 0) is 20.3 Å². The van der Waals surface area contributed by atoms with E-state index >= 15 is 0 Å². The summed E-state index contributed by atoms with van der Waals surface area (Å²) < 4.78 is 18.1. The van der Waals surface area contributed by atoms with E-state index in [1.807, 2.05) is 13.8 Å². The van der Waals surface area contributed by atoms with Crippen LogP contribution in [0.3, 0.4) is 0 Å². The SMILES string of the molecule is CC(C)OCCN1CCC(F)C1. The maximum Gasteiger partial charge on any atom is 0.114 e. The molecule has 0 radical (unpaired) electrons. The van der Waals surface area contributed by atoms with Crippen molar-refractivity contribution in [3.8, 4) is 0 Å². The number of rotatable bonds is 4. The van der Waals surface area contributed by atoms with E-state index in [1.165, 1.54) is 0 Å². The zero-order chi connectivity index (χ0) is 8.97. The van der Waals surface area contributed by atoms with Crippen molar-refractivity contribution in [2.45, 2.75) is 32.5 Å². The van der Waals surface area contributed by atoms with Crippen molar-refractivity contribution in [3.63, 3.8) is 0 Å². The van der Waals surface area contributed by atoms with Crippen LogP contribution in [0.15, 0.2) is 0 Å². The summed E-state index contributed by atoms with van der Waals surface area (Å²) in [5.74, 6) is 0. The largest absolute Gasteiger partial charge is 0.377 e. The van der Waals surface area contributed by atoms with Crippen LogP contribution in [-0.2, 0) is 4.74 Å². The summed E-state index contributed by atoms with van der Waals surface area (Å²) in [6, 6.07) is 0. The molecule has 12 heavy (non-hydrogen) atoms. The van der Waals surface area contributed by atoms with Gasteiger partial charge < -0.3 is 4.74 Å². The average molecular weight is 175 g/mol. The van der Waals surface area contributed by atoms with Gasteiger partial charge in [0, 0.05) is 19.6 Å². The Hall–Kier alpha value is -0.150. The molecule has 1 heterocycles. The standard InChI is InChI=1S/C9H18FNO/c1-8(2)12-6-5-11-4-3-9(10)7-11/h8-9H,3-7H2,1-2H3. The Bertz CT molecular complexity index is 130. The predicted octanol–water partition coefficient (Wildman–Crippen LogP) is 1.46. The van der Waals surface area contributed by atoms with Gasteiger partial charge in [-0.1, -0.05) is 0 Å². The Kier molecular flexibility index (Phi) is 3.95. The second kappa shape index (κ2) is 4.77. The highest BCUT2D eigenvalue weighted by Gasteiger charge is 2.20. The second-order valence-electron chi connectivity index (χ2n) is 3.61. The van der Waals surface area contributed by atoms with E-state index < -0.39 is 6.17 Å². The van der Waals surface area contributed by atoms with Crippen LogP contribution in [0.1, 0.15) is 20.3 Å². The number of ether oxygens (including phenoxy) is 1. The molecule has 1 unspecified atom stereocenters. The summed E-state index contributed by atoms with van der Waals surface area (Å²) in [6.45, 7) is 7.12. The fourth-order valence-corrected chi connectivity index (χ4v) is 1.41. The molecule has 1 atom stereocenters. The van der Waals surface area contributed by atoms with Crippen LogP contribution in [-0.4, -0.2) is 43.4 Å². The lowest BCUT2D eigenvalue weighted by Gasteiger charge is -2.15. The molecule has 0 aromatic rings. The van der Waals surface area contributed by atoms with Gasteiger partial charge in [-0.25, -0.2) is 4.39 Å². The minimum atomic E-state index is -0.607. The van der Waals surface area contributed by atoms with E-state index in [2.05, 4.69) is 4.90 Å². The Morgan fingerprint density at radius 3 is 2.83 bits per heavy atom. The molecular formula is C9H18FNO. The maximum atomic E-state index is 12.7. The van der Waals surface area contributed by atoms with E-state index in [-0.39, 0.29) is 6.10 Å². The van der Waals surface area contributed by atoms with Gasteiger partial charge in [0.15, 0.2) is 0 Å². The van der Waals surface area contributed by atoms with Crippen LogP contribution in [0, 0.1) is 0 Å². The smallest absolute Gasteiger partial charge is 0.114 e. The molecule has 0 aromatic carbocycles. The summed E-state index contributed by atoms with van der Waals surface area (Å²) >= 11 is 0.